The van der Waals surface area contributed by atoms with E-state index in [0.29, 0.717) is 11.6 Å². The summed E-state index contributed by atoms with van der Waals surface area (Å²) in [6, 6.07) is 8.54. The molecule has 5 nitrogen and oxygen atoms in total. The first kappa shape index (κ1) is 22.6. The van der Waals surface area contributed by atoms with Crippen LogP contribution in [0.3, 0.4) is 0 Å². The zero-order valence-corrected chi connectivity index (χ0v) is 21.0. The van der Waals surface area contributed by atoms with E-state index in [9.17, 15) is 4.79 Å². The third kappa shape index (κ3) is 3.96. The maximum absolute atomic E-state index is 13.5. The molecule has 0 N–H and O–H groups in total. The first-order chi connectivity index (χ1) is 15.1. The Balaban J connectivity index is 1.94. The maximum Gasteiger partial charge on any atom is 0.274 e. The molecule has 3 aromatic rings. The third-order valence-corrected chi connectivity index (χ3v) is 7.08. The summed E-state index contributed by atoms with van der Waals surface area (Å²) in [4.78, 5) is 21.3. The number of hydrogen-bond acceptors (Lipinski definition) is 4. The van der Waals surface area contributed by atoms with Crippen molar-refractivity contribution in [3.8, 4) is 22.1 Å². The van der Waals surface area contributed by atoms with Crippen molar-refractivity contribution in [1.29, 1.82) is 0 Å². The van der Waals surface area contributed by atoms with Gasteiger partial charge in [0.2, 0.25) is 0 Å². The molecule has 0 fully saturated rings. The van der Waals surface area contributed by atoms with Gasteiger partial charge in [0.05, 0.1) is 23.4 Å². The molecule has 1 amide bonds. The lowest BCUT2D eigenvalue weighted by atomic mass is 9.94. The number of amides is 1. The maximum atomic E-state index is 13.5. The number of nitrogens with zero attached hydrogens (tertiary/aromatic N) is 3. The fourth-order valence-corrected chi connectivity index (χ4v) is 4.96. The minimum Gasteiger partial charge on any atom is -0.496 e. The molecular formula is C26H33N3O2S. The fraction of sp³-hybridized carbons (Fsp3) is 0.462. The Labute approximate surface area is 195 Å². The molecule has 1 aliphatic heterocycles. The molecule has 4 rings (SSSR count). The van der Waals surface area contributed by atoms with Crippen LogP contribution in [-0.2, 0) is 19.3 Å². The zero-order valence-electron chi connectivity index (χ0n) is 20.2. The van der Waals surface area contributed by atoms with Crippen molar-refractivity contribution in [2.75, 3.05) is 14.2 Å². The number of rotatable bonds is 5. The largest absolute Gasteiger partial charge is 0.496 e. The molecule has 3 heterocycles. The van der Waals surface area contributed by atoms with Crippen LogP contribution in [0.2, 0.25) is 0 Å². The number of carbonyl (C=O) groups is 1. The minimum atomic E-state index is -0.277. The molecule has 1 aromatic carbocycles. The topological polar surface area (TPSA) is 47.4 Å². The van der Waals surface area contributed by atoms with Gasteiger partial charge in [0.25, 0.3) is 5.91 Å². The van der Waals surface area contributed by atoms with Gasteiger partial charge in [0.1, 0.15) is 5.75 Å². The molecule has 0 bridgehead atoms. The average Bonchev–Trinajstić information content (AvgIpc) is 3.38. The first-order valence-electron chi connectivity index (χ1n) is 11.3. The summed E-state index contributed by atoms with van der Waals surface area (Å²) in [6.45, 7) is 10.6. The number of imidazole rings is 1. The lowest BCUT2D eigenvalue weighted by Crippen LogP contribution is -2.43. The van der Waals surface area contributed by atoms with Crippen molar-refractivity contribution in [3.05, 3.63) is 52.2 Å². The van der Waals surface area contributed by atoms with Crippen molar-refractivity contribution < 1.29 is 9.53 Å². The van der Waals surface area contributed by atoms with Gasteiger partial charge < -0.3 is 9.64 Å². The Morgan fingerprint density at radius 2 is 2.03 bits per heavy atom. The molecule has 0 saturated heterocycles. The fourth-order valence-electron chi connectivity index (χ4n) is 4.25. The summed E-state index contributed by atoms with van der Waals surface area (Å²) in [5.74, 6) is 2.29. The molecule has 0 atom stereocenters. The molecule has 0 unspecified atom stereocenters. The van der Waals surface area contributed by atoms with Gasteiger partial charge in [0, 0.05) is 12.6 Å². The average molecular weight is 452 g/mol. The standard InChI is InChI=1S/C26H33N3O2S/c1-16(2)13-18-14-20-17(15-21(18)31-7)10-11-19-23(25(30)28(6)26(3,4)5)27-24(29(19)20)22-9-8-12-32-22/h8-9,12,14-16H,10-11,13H2,1-7H3. The van der Waals surface area contributed by atoms with Gasteiger partial charge in [-0.15, -0.1) is 11.3 Å². The Kier molecular flexibility index (Phi) is 5.93. The number of aryl methyl sites for hydroxylation is 1. The molecule has 32 heavy (non-hydrogen) atoms. The highest BCUT2D eigenvalue weighted by molar-refractivity contribution is 7.13. The van der Waals surface area contributed by atoms with Crippen LogP contribution in [0.4, 0.5) is 0 Å². The zero-order chi connectivity index (χ0) is 23.2. The molecule has 0 spiro atoms. The van der Waals surface area contributed by atoms with Gasteiger partial charge in [-0.2, -0.15) is 0 Å². The lowest BCUT2D eigenvalue weighted by molar-refractivity contribution is 0.0649. The molecule has 0 radical (unpaired) electrons. The van der Waals surface area contributed by atoms with Crippen LogP contribution in [0, 0.1) is 5.92 Å². The SMILES string of the molecule is COc1cc2c(cc1CC(C)C)-n1c(-c3cccs3)nc(C(=O)N(C)C(C)(C)C)c1CC2. The summed E-state index contributed by atoms with van der Waals surface area (Å²) in [5.41, 5.74) is 4.84. The number of aromatic nitrogens is 2. The second kappa shape index (κ2) is 8.39. The highest BCUT2D eigenvalue weighted by Gasteiger charge is 2.33. The van der Waals surface area contributed by atoms with E-state index in [0.717, 1.165) is 47.1 Å². The first-order valence-corrected chi connectivity index (χ1v) is 12.1. The number of carbonyl (C=O) groups excluding carboxylic acids is 1. The predicted molar refractivity (Wildman–Crippen MR) is 131 cm³/mol. The second-order valence-electron chi connectivity index (χ2n) is 9.97. The number of thiophene rings is 1. The van der Waals surface area contributed by atoms with E-state index in [1.54, 1.807) is 23.3 Å². The molecule has 0 aliphatic carbocycles. The lowest BCUT2D eigenvalue weighted by Gasteiger charge is -2.32. The number of fused-ring (bicyclic) bond motifs is 3. The number of methoxy groups -OCH3 is 1. The molecule has 0 saturated carbocycles. The normalized spacial score (nSPS) is 13.1. The summed E-state index contributed by atoms with van der Waals surface area (Å²) in [5, 5.41) is 2.06. The molecular weight excluding hydrogens is 418 g/mol. The highest BCUT2D eigenvalue weighted by atomic mass is 32.1. The smallest absolute Gasteiger partial charge is 0.274 e. The predicted octanol–water partition coefficient (Wildman–Crippen LogP) is 5.78. The van der Waals surface area contributed by atoms with Crippen LogP contribution >= 0.6 is 11.3 Å². The van der Waals surface area contributed by atoms with E-state index in [2.05, 4.69) is 42.0 Å². The highest BCUT2D eigenvalue weighted by Crippen LogP contribution is 2.38. The van der Waals surface area contributed by atoms with E-state index >= 15 is 0 Å². The third-order valence-electron chi connectivity index (χ3n) is 6.21. The van der Waals surface area contributed by atoms with Crippen LogP contribution in [0.15, 0.2) is 29.6 Å². The quantitative estimate of drug-likeness (QED) is 0.494. The monoisotopic (exact) mass is 451 g/mol. The van der Waals surface area contributed by atoms with Crippen LogP contribution in [0.1, 0.15) is 61.9 Å². The summed E-state index contributed by atoms with van der Waals surface area (Å²) < 4.78 is 7.95. The van der Waals surface area contributed by atoms with Crippen LogP contribution < -0.4 is 4.74 Å². The van der Waals surface area contributed by atoms with Crippen LogP contribution in [-0.4, -0.2) is 40.1 Å². The Hall–Kier alpha value is -2.60. The van der Waals surface area contributed by atoms with Crippen molar-refractivity contribution in [1.82, 2.24) is 14.5 Å². The van der Waals surface area contributed by atoms with Crippen molar-refractivity contribution in [3.63, 3.8) is 0 Å². The van der Waals surface area contributed by atoms with E-state index in [4.69, 9.17) is 9.72 Å². The Morgan fingerprint density at radius 3 is 2.62 bits per heavy atom. The summed E-state index contributed by atoms with van der Waals surface area (Å²) >= 11 is 1.65. The van der Waals surface area contributed by atoms with Crippen molar-refractivity contribution >= 4 is 17.2 Å². The van der Waals surface area contributed by atoms with Gasteiger partial charge in [-0.1, -0.05) is 19.9 Å². The van der Waals surface area contributed by atoms with Crippen LogP contribution in [0.25, 0.3) is 16.4 Å². The minimum absolute atomic E-state index is 0.0246. The summed E-state index contributed by atoms with van der Waals surface area (Å²) in [6.07, 6.45) is 2.58. The Morgan fingerprint density at radius 1 is 1.28 bits per heavy atom. The second-order valence-corrected chi connectivity index (χ2v) is 10.9. The van der Waals surface area contributed by atoms with Gasteiger partial charge in [-0.3, -0.25) is 9.36 Å². The molecule has 1 aliphatic rings. The van der Waals surface area contributed by atoms with Gasteiger partial charge in [0.15, 0.2) is 11.5 Å². The van der Waals surface area contributed by atoms with Crippen molar-refractivity contribution in [2.45, 2.75) is 59.4 Å². The number of hydrogen-bond donors (Lipinski definition) is 0. The van der Waals surface area contributed by atoms with Gasteiger partial charge in [-0.05, 0) is 80.7 Å². The van der Waals surface area contributed by atoms with Gasteiger partial charge in [-0.25, -0.2) is 4.98 Å². The summed E-state index contributed by atoms with van der Waals surface area (Å²) in [7, 11) is 3.61. The number of ether oxygens (including phenoxy) is 1. The van der Waals surface area contributed by atoms with E-state index in [-0.39, 0.29) is 11.4 Å². The van der Waals surface area contributed by atoms with E-state index < -0.39 is 0 Å². The molecule has 170 valence electrons. The van der Waals surface area contributed by atoms with Crippen molar-refractivity contribution in [2.24, 2.45) is 5.92 Å². The Bertz CT molecular complexity index is 1140. The molecule has 2 aromatic heterocycles. The van der Waals surface area contributed by atoms with E-state index in [1.807, 2.05) is 33.9 Å². The van der Waals surface area contributed by atoms with E-state index in [1.165, 1.54) is 11.1 Å². The van der Waals surface area contributed by atoms with Gasteiger partial charge >= 0.3 is 0 Å². The number of benzene rings is 1. The molecule has 6 heteroatoms. The van der Waals surface area contributed by atoms with Crippen LogP contribution in [0.5, 0.6) is 5.75 Å².